The van der Waals surface area contributed by atoms with Crippen LogP contribution in [-0.2, 0) is 11.2 Å². The molecule has 1 aromatic heterocycles. The van der Waals surface area contributed by atoms with Crippen LogP contribution in [0.15, 0.2) is 42.7 Å². The number of halogens is 1. The van der Waals surface area contributed by atoms with Gasteiger partial charge >= 0.3 is 5.97 Å². The summed E-state index contributed by atoms with van der Waals surface area (Å²) in [5.41, 5.74) is 3.69. The molecule has 0 aliphatic heterocycles. The lowest BCUT2D eigenvalue weighted by molar-refractivity contribution is 0.0324. The van der Waals surface area contributed by atoms with E-state index in [-0.39, 0.29) is 0 Å². The molecule has 0 bridgehead atoms. The molecule has 0 saturated heterocycles. The van der Waals surface area contributed by atoms with Gasteiger partial charge in [0.05, 0.1) is 5.56 Å². The van der Waals surface area contributed by atoms with Crippen LogP contribution in [0.4, 0.5) is 4.39 Å². The maximum atomic E-state index is 12.0. The maximum absolute atomic E-state index is 12.0. The van der Waals surface area contributed by atoms with Gasteiger partial charge < -0.3 is 4.74 Å². The summed E-state index contributed by atoms with van der Waals surface area (Å²) in [5.74, 6) is -0.646. The van der Waals surface area contributed by atoms with Crippen molar-refractivity contribution in [3.8, 4) is 11.1 Å². The molecule has 2 aromatic rings. The first kappa shape index (κ1) is 16.1. The lowest BCUT2D eigenvalue weighted by atomic mass is 9.97. The van der Waals surface area contributed by atoms with Gasteiger partial charge in [0, 0.05) is 12.4 Å². The van der Waals surface area contributed by atoms with Crippen molar-refractivity contribution in [2.24, 2.45) is 0 Å². The van der Waals surface area contributed by atoms with Crippen molar-refractivity contribution in [2.45, 2.75) is 32.6 Å². The Morgan fingerprint density at radius 3 is 2.64 bits per heavy atom. The van der Waals surface area contributed by atoms with Gasteiger partial charge in [0.2, 0.25) is 6.86 Å². The van der Waals surface area contributed by atoms with Crippen LogP contribution < -0.4 is 0 Å². The third kappa shape index (κ3) is 4.13. The molecule has 1 heterocycles. The Morgan fingerprint density at radius 1 is 1.18 bits per heavy atom. The van der Waals surface area contributed by atoms with Crippen molar-refractivity contribution < 1.29 is 13.9 Å². The molecule has 0 fully saturated rings. The fraction of sp³-hybridized carbons (Fsp3) is 0.333. The molecule has 0 aliphatic rings. The van der Waals surface area contributed by atoms with E-state index in [9.17, 15) is 9.18 Å². The summed E-state index contributed by atoms with van der Waals surface area (Å²) >= 11 is 0. The highest BCUT2D eigenvalue weighted by atomic mass is 19.1. The summed E-state index contributed by atoms with van der Waals surface area (Å²) in [7, 11) is 0. The van der Waals surface area contributed by atoms with Crippen molar-refractivity contribution in [1.29, 1.82) is 0 Å². The number of carbonyl (C=O) groups is 1. The summed E-state index contributed by atoms with van der Waals surface area (Å²) in [6.45, 7) is 1.08. The lowest BCUT2D eigenvalue weighted by Gasteiger charge is -2.09. The Hall–Kier alpha value is -2.23. The van der Waals surface area contributed by atoms with Gasteiger partial charge in [-0.3, -0.25) is 4.98 Å². The van der Waals surface area contributed by atoms with E-state index in [0.717, 1.165) is 24.0 Å². The van der Waals surface area contributed by atoms with E-state index in [0.29, 0.717) is 5.56 Å². The van der Waals surface area contributed by atoms with Crippen molar-refractivity contribution >= 4 is 5.97 Å². The molecule has 3 nitrogen and oxygen atoms in total. The quantitative estimate of drug-likeness (QED) is 0.555. The van der Waals surface area contributed by atoms with Crippen LogP contribution in [0, 0.1) is 0 Å². The monoisotopic (exact) mass is 301 g/mol. The fourth-order valence-corrected chi connectivity index (χ4v) is 2.39. The summed E-state index contributed by atoms with van der Waals surface area (Å²) in [6.07, 6.45) is 8.17. The number of aryl methyl sites for hydroxylation is 1. The zero-order chi connectivity index (χ0) is 15.8. The van der Waals surface area contributed by atoms with Crippen LogP contribution in [0.1, 0.15) is 42.1 Å². The van der Waals surface area contributed by atoms with Crippen molar-refractivity contribution in [3.05, 3.63) is 53.9 Å². The van der Waals surface area contributed by atoms with Gasteiger partial charge in [0.15, 0.2) is 0 Å². The Balaban J connectivity index is 2.19. The van der Waals surface area contributed by atoms with Crippen LogP contribution >= 0.6 is 0 Å². The topological polar surface area (TPSA) is 39.2 Å². The van der Waals surface area contributed by atoms with Crippen LogP contribution in [-0.4, -0.2) is 17.8 Å². The second-order valence-corrected chi connectivity index (χ2v) is 5.11. The smallest absolute Gasteiger partial charge is 0.340 e. The molecule has 0 atom stereocenters. The molecule has 0 N–H and O–H groups in total. The van der Waals surface area contributed by atoms with Gasteiger partial charge in [-0.15, -0.1) is 0 Å². The van der Waals surface area contributed by atoms with Crippen molar-refractivity contribution in [3.63, 3.8) is 0 Å². The normalized spacial score (nSPS) is 10.5. The Kier molecular flexibility index (Phi) is 6.07. The first-order valence-electron chi connectivity index (χ1n) is 7.52. The molecule has 1 aromatic carbocycles. The number of alkyl halides is 1. The van der Waals surface area contributed by atoms with Gasteiger partial charge in [0.25, 0.3) is 0 Å². The first-order chi connectivity index (χ1) is 10.8. The van der Waals surface area contributed by atoms with E-state index in [1.54, 1.807) is 18.3 Å². The van der Waals surface area contributed by atoms with Crippen LogP contribution in [0.5, 0.6) is 0 Å². The number of ether oxygens (including phenoxy) is 1. The Bertz CT molecular complexity index is 611. The van der Waals surface area contributed by atoms with Crippen LogP contribution in [0.2, 0.25) is 0 Å². The summed E-state index contributed by atoms with van der Waals surface area (Å²) in [4.78, 5) is 15.7. The molecular weight excluding hydrogens is 281 g/mol. The molecule has 0 amide bonds. The second kappa shape index (κ2) is 8.27. The van der Waals surface area contributed by atoms with E-state index in [1.165, 1.54) is 18.4 Å². The summed E-state index contributed by atoms with van der Waals surface area (Å²) < 4.78 is 16.4. The molecule has 116 valence electrons. The molecule has 2 rings (SSSR count). The highest BCUT2D eigenvalue weighted by molar-refractivity contribution is 5.90. The molecule has 0 radical (unpaired) electrons. The van der Waals surface area contributed by atoms with E-state index >= 15 is 0 Å². The number of nitrogens with zero attached hydrogens (tertiary/aromatic N) is 1. The Labute approximate surface area is 130 Å². The number of pyridine rings is 1. The average Bonchev–Trinajstić information content (AvgIpc) is 2.56. The molecule has 0 unspecified atom stereocenters. The van der Waals surface area contributed by atoms with Crippen LogP contribution in [0.25, 0.3) is 11.1 Å². The number of hydrogen-bond acceptors (Lipinski definition) is 3. The highest BCUT2D eigenvalue weighted by Crippen LogP contribution is 2.25. The van der Waals surface area contributed by atoms with E-state index in [1.807, 2.05) is 24.4 Å². The van der Waals surface area contributed by atoms with Crippen molar-refractivity contribution in [1.82, 2.24) is 4.98 Å². The number of benzene rings is 1. The average molecular weight is 301 g/mol. The number of hydrogen-bond donors (Lipinski definition) is 0. The summed E-state index contributed by atoms with van der Waals surface area (Å²) in [5, 5.41) is 0. The zero-order valence-electron chi connectivity index (χ0n) is 12.7. The standard InChI is InChI=1S/C18H20FNO2/c1-2-3-4-5-16-12-20-11-10-17(16)14-6-8-15(9-7-14)18(21)22-13-19/h6-12H,2-5,13H2,1H3. The van der Waals surface area contributed by atoms with Crippen molar-refractivity contribution in [2.75, 3.05) is 6.86 Å². The van der Waals surface area contributed by atoms with E-state index < -0.39 is 12.8 Å². The minimum absolute atomic E-state index is 0.350. The zero-order valence-corrected chi connectivity index (χ0v) is 12.7. The van der Waals surface area contributed by atoms with Crippen LogP contribution in [0.3, 0.4) is 0 Å². The van der Waals surface area contributed by atoms with Gasteiger partial charge in [-0.1, -0.05) is 31.9 Å². The summed E-state index contributed by atoms with van der Waals surface area (Å²) in [6, 6.07) is 9.00. The number of rotatable bonds is 7. The molecule has 0 spiro atoms. The van der Waals surface area contributed by atoms with Gasteiger partial charge in [-0.2, -0.15) is 0 Å². The minimum atomic E-state index is -1.10. The molecular formula is C18H20FNO2. The number of aromatic nitrogens is 1. The molecule has 4 heteroatoms. The number of carbonyl (C=O) groups excluding carboxylic acids is 1. The molecule has 0 aliphatic carbocycles. The van der Waals surface area contributed by atoms with E-state index in [4.69, 9.17) is 0 Å². The third-order valence-corrected chi connectivity index (χ3v) is 3.57. The first-order valence-corrected chi connectivity index (χ1v) is 7.52. The van der Waals surface area contributed by atoms with Gasteiger partial charge in [-0.05, 0) is 47.7 Å². The van der Waals surface area contributed by atoms with Gasteiger partial charge in [0.1, 0.15) is 0 Å². The van der Waals surface area contributed by atoms with Gasteiger partial charge in [-0.25, -0.2) is 9.18 Å². The third-order valence-electron chi connectivity index (χ3n) is 3.57. The highest BCUT2D eigenvalue weighted by Gasteiger charge is 2.09. The second-order valence-electron chi connectivity index (χ2n) is 5.11. The predicted octanol–water partition coefficient (Wildman–Crippen LogP) is 4.57. The minimum Gasteiger partial charge on any atom is -0.430 e. The van der Waals surface area contributed by atoms with E-state index in [2.05, 4.69) is 16.6 Å². The number of esters is 1. The fourth-order valence-electron chi connectivity index (χ4n) is 2.39. The molecule has 22 heavy (non-hydrogen) atoms. The SMILES string of the molecule is CCCCCc1cnccc1-c1ccc(C(=O)OCF)cc1. The number of unbranched alkanes of at least 4 members (excludes halogenated alkanes) is 2. The lowest BCUT2D eigenvalue weighted by Crippen LogP contribution is -2.03. The largest absolute Gasteiger partial charge is 0.430 e. The Morgan fingerprint density at radius 2 is 1.95 bits per heavy atom. The maximum Gasteiger partial charge on any atom is 0.340 e. The predicted molar refractivity (Wildman–Crippen MR) is 84.3 cm³/mol. The molecule has 0 saturated carbocycles.